The highest BCUT2D eigenvalue weighted by atomic mass is 32.2. The number of sulfonamides is 1. The van der Waals surface area contributed by atoms with E-state index in [4.69, 9.17) is 0 Å². The molecule has 1 saturated heterocycles. The zero-order valence-electron chi connectivity index (χ0n) is 8.95. The lowest BCUT2D eigenvalue weighted by Crippen LogP contribution is -2.36. The first kappa shape index (κ1) is 12.4. The first-order chi connectivity index (χ1) is 6.97. The van der Waals surface area contributed by atoms with Gasteiger partial charge in [-0.15, -0.1) is 0 Å². The molecule has 1 fully saturated rings. The summed E-state index contributed by atoms with van der Waals surface area (Å²) in [5.41, 5.74) is 0. The van der Waals surface area contributed by atoms with E-state index in [0.29, 0.717) is 12.5 Å². The summed E-state index contributed by atoms with van der Waals surface area (Å²) < 4.78 is 23.5. The van der Waals surface area contributed by atoms with Crippen LogP contribution in [0.15, 0.2) is 0 Å². The molecule has 1 amide bonds. The average molecular weight is 234 g/mol. The fourth-order valence-corrected chi connectivity index (χ4v) is 2.25. The number of hydrogen-bond donors (Lipinski definition) is 2. The third-order valence-electron chi connectivity index (χ3n) is 2.43. The van der Waals surface area contributed by atoms with Crippen LogP contribution in [0.5, 0.6) is 0 Å². The highest BCUT2D eigenvalue weighted by Gasteiger charge is 2.15. The van der Waals surface area contributed by atoms with Crippen LogP contribution in [0.25, 0.3) is 0 Å². The molecule has 1 atom stereocenters. The van der Waals surface area contributed by atoms with Crippen LogP contribution in [0, 0.1) is 0 Å². The minimum Gasteiger partial charge on any atom is -0.314 e. The molecule has 0 aromatic carbocycles. The summed E-state index contributed by atoms with van der Waals surface area (Å²) in [5.74, 6) is -0.412. The molecule has 0 radical (unpaired) electrons. The van der Waals surface area contributed by atoms with Crippen LogP contribution in [-0.4, -0.2) is 33.2 Å². The van der Waals surface area contributed by atoms with Gasteiger partial charge in [0.1, 0.15) is 0 Å². The van der Waals surface area contributed by atoms with Crippen molar-refractivity contribution in [2.75, 3.05) is 12.8 Å². The van der Waals surface area contributed by atoms with Crippen molar-refractivity contribution >= 4 is 15.9 Å². The van der Waals surface area contributed by atoms with E-state index in [1.54, 1.807) is 0 Å². The van der Waals surface area contributed by atoms with Gasteiger partial charge in [-0.1, -0.05) is 6.42 Å². The number of carbonyl (C=O) groups excluding carboxylic acids is 1. The van der Waals surface area contributed by atoms with Crippen molar-refractivity contribution in [3.8, 4) is 0 Å². The van der Waals surface area contributed by atoms with Crippen LogP contribution in [0.3, 0.4) is 0 Å². The van der Waals surface area contributed by atoms with Gasteiger partial charge in [0.15, 0.2) is 0 Å². The van der Waals surface area contributed by atoms with Crippen molar-refractivity contribution in [2.24, 2.45) is 0 Å². The number of carbonyl (C=O) groups is 1. The third kappa shape index (κ3) is 5.74. The first-order valence-corrected chi connectivity index (χ1v) is 7.10. The highest BCUT2D eigenvalue weighted by Crippen LogP contribution is 2.11. The molecule has 6 heteroatoms. The summed E-state index contributed by atoms with van der Waals surface area (Å²) in [7, 11) is -3.40. The second kappa shape index (κ2) is 5.46. The molecule has 1 heterocycles. The normalized spacial score (nSPS) is 22.3. The molecular weight excluding hydrogens is 216 g/mol. The Bertz CT molecular complexity index is 307. The van der Waals surface area contributed by atoms with Gasteiger partial charge < -0.3 is 5.32 Å². The molecule has 1 aliphatic heterocycles. The van der Waals surface area contributed by atoms with Gasteiger partial charge in [0.05, 0.1) is 6.26 Å². The van der Waals surface area contributed by atoms with E-state index in [0.717, 1.165) is 19.2 Å². The molecule has 2 N–H and O–H groups in total. The number of amides is 1. The van der Waals surface area contributed by atoms with E-state index in [-0.39, 0.29) is 6.42 Å². The molecule has 0 aromatic heterocycles. The van der Waals surface area contributed by atoms with Crippen molar-refractivity contribution < 1.29 is 13.2 Å². The number of piperidine rings is 1. The largest absolute Gasteiger partial charge is 0.314 e. The molecule has 1 unspecified atom stereocenters. The Morgan fingerprint density at radius 1 is 1.47 bits per heavy atom. The monoisotopic (exact) mass is 234 g/mol. The standard InChI is InChI=1S/C9H18N2O3S/c1-15(13,14)11-9(12)6-5-8-4-2-3-7-10-8/h8,10H,2-7H2,1H3,(H,11,12). The summed E-state index contributed by atoms with van der Waals surface area (Å²) in [6, 6.07) is 0.365. The first-order valence-electron chi connectivity index (χ1n) is 5.21. The Balaban J connectivity index is 2.21. The van der Waals surface area contributed by atoms with Crippen LogP contribution in [-0.2, 0) is 14.8 Å². The van der Waals surface area contributed by atoms with Crippen molar-refractivity contribution in [1.82, 2.24) is 10.0 Å². The average Bonchev–Trinajstić information content (AvgIpc) is 2.14. The molecule has 88 valence electrons. The predicted molar refractivity (Wildman–Crippen MR) is 57.9 cm³/mol. The second-order valence-corrected chi connectivity index (χ2v) is 5.73. The van der Waals surface area contributed by atoms with Crippen LogP contribution < -0.4 is 10.0 Å². The number of nitrogens with one attached hydrogen (secondary N) is 2. The Kier molecular flexibility index (Phi) is 4.53. The fourth-order valence-electron chi connectivity index (χ4n) is 1.73. The summed E-state index contributed by atoms with van der Waals surface area (Å²) in [5, 5.41) is 3.31. The lowest BCUT2D eigenvalue weighted by atomic mass is 10.0. The van der Waals surface area contributed by atoms with Crippen LogP contribution in [0.4, 0.5) is 0 Å². The molecule has 5 nitrogen and oxygen atoms in total. The molecule has 0 bridgehead atoms. The van der Waals surface area contributed by atoms with E-state index >= 15 is 0 Å². The van der Waals surface area contributed by atoms with E-state index in [2.05, 4.69) is 5.32 Å². The molecule has 0 aromatic rings. The minimum absolute atomic E-state index is 0.269. The van der Waals surface area contributed by atoms with Gasteiger partial charge in [-0.3, -0.25) is 9.52 Å². The topological polar surface area (TPSA) is 75.3 Å². The molecule has 0 spiro atoms. The van der Waals surface area contributed by atoms with Crippen molar-refractivity contribution in [3.05, 3.63) is 0 Å². The predicted octanol–water partition coefficient (Wildman–Crippen LogP) is -0.0155. The maximum Gasteiger partial charge on any atom is 0.233 e. The number of rotatable bonds is 4. The molecule has 0 aliphatic carbocycles. The minimum atomic E-state index is -3.40. The quantitative estimate of drug-likeness (QED) is 0.717. The smallest absolute Gasteiger partial charge is 0.233 e. The molecule has 1 rings (SSSR count). The fraction of sp³-hybridized carbons (Fsp3) is 0.889. The van der Waals surface area contributed by atoms with Gasteiger partial charge in [0, 0.05) is 12.5 Å². The third-order valence-corrected chi connectivity index (χ3v) is 3.03. The van der Waals surface area contributed by atoms with Gasteiger partial charge in [-0.25, -0.2) is 8.42 Å². The summed E-state index contributed by atoms with van der Waals surface area (Å²) in [4.78, 5) is 11.2. The zero-order chi connectivity index (χ0) is 11.3. The van der Waals surface area contributed by atoms with E-state index in [1.165, 1.54) is 12.8 Å². The van der Waals surface area contributed by atoms with Gasteiger partial charge in [0.2, 0.25) is 15.9 Å². The summed E-state index contributed by atoms with van der Waals surface area (Å²) in [6.07, 6.45) is 5.42. The van der Waals surface area contributed by atoms with Crippen LogP contribution in [0.1, 0.15) is 32.1 Å². The van der Waals surface area contributed by atoms with Crippen molar-refractivity contribution in [3.63, 3.8) is 0 Å². The Hall–Kier alpha value is -0.620. The van der Waals surface area contributed by atoms with Gasteiger partial charge >= 0.3 is 0 Å². The van der Waals surface area contributed by atoms with Crippen molar-refractivity contribution in [1.29, 1.82) is 0 Å². The maximum absolute atomic E-state index is 11.2. The van der Waals surface area contributed by atoms with Gasteiger partial charge in [-0.05, 0) is 25.8 Å². The Morgan fingerprint density at radius 2 is 2.20 bits per heavy atom. The zero-order valence-corrected chi connectivity index (χ0v) is 9.77. The maximum atomic E-state index is 11.2. The Labute approximate surface area is 90.7 Å². The molecular formula is C9H18N2O3S. The van der Waals surface area contributed by atoms with E-state index in [1.807, 2.05) is 4.72 Å². The highest BCUT2D eigenvalue weighted by molar-refractivity contribution is 7.89. The van der Waals surface area contributed by atoms with E-state index in [9.17, 15) is 13.2 Å². The van der Waals surface area contributed by atoms with Gasteiger partial charge in [0.25, 0.3) is 0 Å². The molecule has 1 aliphatic rings. The lowest BCUT2D eigenvalue weighted by Gasteiger charge is -2.22. The van der Waals surface area contributed by atoms with Crippen LogP contribution >= 0.6 is 0 Å². The summed E-state index contributed by atoms with van der Waals surface area (Å²) in [6.45, 7) is 0.998. The van der Waals surface area contributed by atoms with Crippen molar-refractivity contribution in [2.45, 2.75) is 38.1 Å². The number of hydrogen-bond acceptors (Lipinski definition) is 4. The molecule has 0 saturated carbocycles. The second-order valence-electron chi connectivity index (χ2n) is 3.98. The SMILES string of the molecule is CS(=O)(=O)NC(=O)CCC1CCCCN1. The van der Waals surface area contributed by atoms with E-state index < -0.39 is 15.9 Å². The van der Waals surface area contributed by atoms with Gasteiger partial charge in [-0.2, -0.15) is 0 Å². The molecule has 15 heavy (non-hydrogen) atoms. The van der Waals surface area contributed by atoms with Crippen LogP contribution in [0.2, 0.25) is 0 Å². The lowest BCUT2D eigenvalue weighted by molar-refractivity contribution is -0.119. The summed E-state index contributed by atoms with van der Waals surface area (Å²) >= 11 is 0. The Morgan fingerprint density at radius 3 is 2.73 bits per heavy atom.